The minimum Gasteiger partial charge on any atom is -0.320 e. The molecule has 0 aliphatic heterocycles. The Balaban J connectivity index is 1.59. The first-order valence-corrected chi connectivity index (χ1v) is 11.2. The van der Waals surface area contributed by atoms with Crippen LogP contribution in [0.4, 0.5) is 8.78 Å². The number of rotatable bonds is 11. The van der Waals surface area contributed by atoms with E-state index in [-0.39, 0.29) is 18.9 Å². The molecule has 2 saturated carbocycles. The molecule has 0 aromatic carbocycles. The smallest absolute Gasteiger partial charge is 0.320 e. The molecule has 0 saturated heterocycles. The monoisotopic (exact) mass is 370 g/mol. The molecule has 0 N–H and O–H groups in total. The van der Waals surface area contributed by atoms with Crippen LogP contribution in [0.1, 0.15) is 96.8 Å². The summed E-state index contributed by atoms with van der Waals surface area (Å²) in [5, 5.41) is 0. The van der Waals surface area contributed by atoms with Crippen molar-refractivity contribution >= 4 is 0 Å². The standard InChI is InChI=1S/C23H40F2O/c1-3-5-6-7-8-20-11-15-22(16-12-20)18-26-23(24,25)17-21-13-9-19(4-2)10-14-21/h4,19-22H,2-3,5-18H2,1H3. The van der Waals surface area contributed by atoms with Gasteiger partial charge in [0.15, 0.2) is 0 Å². The Morgan fingerprint density at radius 3 is 2.12 bits per heavy atom. The van der Waals surface area contributed by atoms with E-state index in [4.69, 9.17) is 4.74 Å². The number of allylic oxidation sites excluding steroid dienone is 1. The van der Waals surface area contributed by atoms with Crippen molar-refractivity contribution in [1.82, 2.24) is 0 Å². The molecule has 26 heavy (non-hydrogen) atoms. The molecule has 0 unspecified atom stereocenters. The largest absolute Gasteiger partial charge is 0.356 e. The summed E-state index contributed by atoms with van der Waals surface area (Å²) in [7, 11) is 0. The summed E-state index contributed by atoms with van der Waals surface area (Å²) >= 11 is 0. The lowest BCUT2D eigenvalue weighted by Gasteiger charge is -2.32. The van der Waals surface area contributed by atoms with Crippen molar-refractivity contribution in [2.45, 2.75) is 103 Å². The molecule has 0 heterocycles. The molecule has 0 atom stereocenters. The maximum atomic E-state index is 14.2. The van der Waals surface area contributed by atoms with Crippen molar-refractivity contribution in [2.24, 2.45) is 23.7 Å². The second kappa shape index (κ2) is 11.4. The molecule has 0 radical (unpaired) electrons. The van der Waals surface area contributed by atoms with E-state index in [9.17, 15) is 8.78 Å². The zero-order valence-corrected chi connectivity index (χ0v) is 16.9. The van der Waals surface area contributed by atoms with Crippen molar-refractivity contribution < 1.29 is 13.5 Å². The fourth-order valence-electron chi connectivity index (χ4n) is 4.81. The van der Waals surface area contributed by atoms with Gasteiger partial charge in [0, 0.05) is 6.42 Å². The van der Waals surface area contributed by atoms with Gasteiger partial charge in [0.1, 0.15) is 0 Å². The summed E-state index contributed by atoms with van der Waals surface area (Å²) in [4.78, 5) is 0. The van der Waals surface area contributed by atoms with Crippen LogP contribution in [0.2, 0.25) is 0 Å². The summed E-state index contributed by atoms with van der Waals surface area (Å²) < 4.78 is 33.6. The van der Waals surface area contributed by atoms with Crippen LogP contribution in [-0.2, 0) is 4.74 Å². The Kier molecular flexibility index (Phi) is 9.59. The topological polar surface area (TPSA) is 9.23 Å². The zero-order valence-electron chi connectivity index (χ0n) is 16.9. The number of alkyl halides is 2. The van der Waals surface area contributed by atoms with Crippen molar-refractivity contribution in [2.75, 3.05) is 6.61 Å². The molecule has 3 heteroatoms. The third-order valence-corrected chi connectivity index (χ3v) is 6.71. The molecule has 0 aromatic rings. The molecule has 0 amide bonds. The van der Waals surface area contributed by atoms with Crippen LogP contribution in [0.3, 0.4) is 0 Å². The molecule has 152 valence electrons. The molecular formula is C23H40F2O. The molecule has 2 aliphatic carbocycles. The lowest BCUT2D eigenvalue weighted by molar-refractivity contribution is -0.256. The van der Waals surface area contributed by atoms with Crippen LogP contribution in [0.25, 0.3) is 0 Å². The number of hydrogen-bond donors (Lipinski definition) is 0. The van der Waals surface area contributed by atoms with Gasteiger partial charge in [-0.05, 0) is 62.2 Å². The average molecular weight is 371 g/mol. The van der Waals surface area contributed by atoms with Crippen LogP contribution in [-0.4, -0.2) is 12.7 Å². The Morgan fingerprint density at radius 2 is 1.50 bits per heavy atom. The Bertz CT molecular complexity index is 380. The third-order valence-electron chi connectivity index (χ3n) is 6.71. The predicted molar refractivity (Wildman–Crippen MR) is 105 cm³/mol. The first-order valence-electron chi connectivity index (χ1n) is 11.2. The van der Waals surface area contributed by atoms with Crippen LogP contribution < -0.4 is 0 Å². The van der Waals surface area contributed by atoms with E-state index in [1.165, 1.54) is 44.9 Å². The summed E-state index contributed by atoms with van der Waals surface area (Å²) in [5.74, 6) is 1.80. The Hall–Kier alpha value is -0.440. The average Bonchev–Trinajstić information content (AvgIpc) is 2.65. The summed E-state index contributed by atoms with van der Waals surface area (Å²) in [6, 6.07) is 0. The van der Waals surface area contributed by atoms with Crippen molar-refractivity contribution in [3.63, 3.8) is 0 Å². The molecule has 2 rings (SSSR count). The fourth-order valence-corrected chi connectivity index (χ4v) is 4.81. The van der Waals surface area contributed by atoms with Gasteiger partial charge in [-0.2, -0.15) is 8.78 Å². The number of hydrogen-bond acceptors (Lipinski definition) is 1. The molecule has 0 aromatic heterocycles. The van der Waals surface area contributed by atoms with Crippen LogP contribution in [0.5, 0.6) is 0 Å². The molecule has 2 fully saturated rings. The molecule has 0 bridgehead atoms. The lowest BCUT2D eigenvalue weighted by Crippen LogP contribution is -2.30. The highest BCUT2D eigenvalue weighted by Crippen LogP contribution is 2.38. The van der Waals surface area contributed by atoms with Crippen LogP contribution >= 0.6 is 0 Å². The Morgan fingerprint density at radius 1 is 0.885 bits per heavy atom. The van der Waals surface area contributed by atoms with E-state index in [1.807, 2.05) is 6.08 Å². The van der Waals surface area contributed by atoms with Gasteiger partial charge in [-0.25, -0.2) is 0 Å². The molecule has 0 spiro atoms. The summed E-state index contributed by atoms with van der Waals surface area (Å²) in [6.45, 7) is 6.31. The SMILES string of the molecule is C=CC1CCC(CC(F)(F)OCC2CCC(CCCCCC)CC2)CC1. The number of unbranched alkanes of at least 4 members (excludes halogenated alkanes) is 3. The second-order valence-electron chi connectivity index (χ2n) is 8.91. The molecule has 2 aliphatic rings. The number of ether oxygens (including phenoxy) is 1. The second-order valence-corrected chi connectivity index (χ2v) is 8.91. The highest BCUT2D eigenvalue weighted by molar-refractivity contribution is 4.84. The van der Waals surface area contributed by atoms with Gasteiger partial charge in [0.2, 0.25) is 0 Å². The van der Waals surface area contributed by atoms with Gasteiger partial charge in [-0.3, -0.25) is 0 Å². The Labute approximate surface area is 160 Å². The van der Waals surface area contributed by atoms with Crippen LogP contribution in [0.15, 0.2) is 12.7 Å². The fraction of sp³-hybridized carbons (Fsp3) is 0.913. The van der Waals surface area contributed by atoms with Gasteiger partial charge in [0.05, 0.1) is 6.61 Å². The van der Waals surface area contributed by atoms with E-state index in [2.05, 4.69) is 13.5 Å². The van der Waals surface area contributed by atoms with Crippen molar-refractivity contribution in [3.8, 4) is 0 Å². The highest BCUT2D eigenvalue weighted by Gasteiger charge is 2.36. The molecular weight excluding hydrogens is 330 g/mol. The molecule has 1 nitrogen and oxygen atoms in total. The number of halogens is 2. The van der Waals surface area contributed by atoms with Gasteiger partial charge in [0.25, 0.3) is 0 Å². The normalized spacial score (nSPS) is 30.3. The van der Waals surface area contributed by atoms with Gasteiger partial charge >= 0.3 is 6.11 Å². The first kappa shape index (κ1) is 21.9. The minimum atomic E-state index is -2.94. The maximum absolute atomic E-state index is 14.2. The van der Waals surface area contributed by atoms with Gasteiger partial charge in [-0.1, -0.05) is 57.9 Å². The van der Waals surface area contributed by atoms with Gasteiger partial charge < -0.3 is 4.74 Å². The van der Waals surface area contributed by atoms with E-state index in [1.54, 1.807) is 0 Å². The maximum Gasteiger partial charge on any atom is 0.356 e. The first-order chi connectivity index (χ1) is 12.5. The highest BCUT2D eigenvalue weighted by atomic mass is 19.3. The zero-order chi connectivity index (χ0) is 18.8. The van der Waals surface area contributed by atoms with Crippen molar-refractivity contribution in [1.29, 1.82) is 0 Å². The van der Waals surface area contributed by atoms with Gasteiger partial charge in [-0.15, -0.1) is 6.58 Å². The lowest BCUT2D eigenvalue weighted by atomic mass is 9.80. The van der Waals surface area contributed by atoms with E-state index in [0.717, 1.165) is 44.4 Å². The summed E-state index contributed by atoms with van der Waals surface area (Å²) in [6.07, 6.45) is 13.9. The predicted octanol–water partition coefficient (Wildman–Crippen LogP) is 7.76. The van der Waals surface area contributed by atoms with E-state index in [0.29, 0.717) is 11.8 Å². The summed E-state index contributed by atoms with van der Waals surface area (Å²) in [5.41, 5.74) is 0. The third kappa shape index (κ3) is 8.06. The van der Waals surface area contributed by atoms with E-state index >= 15 is 0 Å². The van der Waals surface area contributed by atoms with Crippen LogP contribution in [0, 0.1) is 23.7 Å². The minimum absolute atomic E-state index is 0.0936. The van der Waals surface area contributed by atoms with Crippen molar-refractivity contribution in [3.05, 3.63) is 12.7 Å². The quantitative estimate of drug-likeness (QED) is 0.267. The van der Waals surface area contributed by atoms with E-state index < -0.39 is 6.11 Å².